The van der Waals surface area contributed by atoms with Gasteiger partial charge < -0.3 is 15.2 Å². The maximum absolute atomic E-state index is 12.7. The van der Waals surface area contributed by atoms with Crippen molar-refractivity contribution in [2.45, 2.75) is 17.7 Å². The van der Waals surface area contributed by atoms with E-state index >= 15 is 0 Å². The van der Waals surface area contributed by atoms with Crippen molar-refractivity contribution in [3.63, 3.8) is 0 Å². The average molecular weight is 392 g/mol. The van der Waals surface area contributed by atoms with Crippen molar-refractivity contribution in [1.29, 1.82) is 0 Å². The summed E-state index contributed by atoms with van der Waals surface area (Å²) in [5.74, 6) is -1.18. The molecule has 0 saturated carbocycles. The summed E-state index contributed by atoms with van der Waals surface area (Å²) in [6.45, 7) is 1.26. The van der Waals surface area contributed by atoms with E-state index < -0.39 is 16.0 Å². The van der Waals surface area contributed by atoms with E-state index in [1.54, 1.807) is 7.11 Å². The maximum Gasteiger partial charge on any atom is 0.335 e. The van der Waals surface area contributed by atoms with Crippen molar-refractivity contribution in [2.75, 3.05) is 32.1 Å². The number of ether oxygens (including phenoxy) is 1. The molecule has 0 atom stereocenters. The number of nitrogens with one attached hydrogen (secondary N) is 2. The molecule has 0 aliphatic carbocycles. The summed E-state index contributed by atoms with van der Waals surface area (Å²) < 4.78 is 33.0. The molecule has 2 aromatic rings. The predicted molar refractivity (Wildman–Crippen MR) is 104 cm³/mol. The fourth-order valence-electron chi connectivity index (χ4n) is 2.52. The summed E-state index contributed by atoms with van der Waals surface area (Å²) in [5, 5.41) is 12.2. The van der Waals surface area contributed by atoms with Crippen LogP contribution in [-0.2, 0) is 21.2 Å². The molecule has 3 N–H and O–H groups in total. The van der Waals surface area contributed by atoms with Crippen LogP contribution in [0.1, 0.15) is 22.3 Å². The van der Waals surface area contributed by atoms with Crippen molar-refractivity contribution in [3.05, 3.63) is 59.7 Å². The standard InChI is InChI=1S/C19H24N2O5S/c1-26-13-5-11-20-17-9-8-16(19(22)23)14-18(17)27(24,25)21-12-10-15-6-3-2-4-7-15/h2-4,6-9,14,20-21H,5,10-13H2,1H3,(H,22,23). The summed E-state index contributed by atoms with van der Waals surface area (Å²) in [5.41, 5.74) is 1.29. The lowest BCUT2D eigenvalue weighted by Gasteiger charge is -2.14. The van der Waals surface area contributed by atoms with E-state index in [1.165, 1.54) is 18.2 Å². The monoisotopic (exact) mass is 392 g/mol. The van der Waals surface area contributed by atoms with E-state index in [1.807, 2.05) is 30.3 Å². The van der Waals surface area contributed by atoms with Crippen LogP contribution in [-0.4, -0.2) is 46.3 Å². The number of benzene rings is 2. The molecule has 8 heteroatoms. The topological polar surface area (TPSA) is 105 Å². The summed E-state index contributed by atoms with van der Waals surface area (Å²) >= 11 is 0. The highest BCUT2D eigenvalue weighted by Gasteiger charge is 2.20. The molecule has 0 aliphatic rings. The van der Waals surface area contributed by atoms with Crippen molar-refractivity contribution in [3.8, 4) is 0 Å². The number of rotatable bonds is 11. The van der Waals surface area contributed by atoms with Crippen LogP contribution in [0, 0.1) is 0 Å². The van der Waals surface area contributed by atoms with Gasteiger partial charge in [0.25, 0.3) is 0 Å². The zero-order valence-corrected chi connectivity index (χ0v) is 16.0. The third-order valence-electron chi connectivity index (χ3n) is 3.91. The molecule has 7 nitrogen and oxygen atoms in total. The van der Waals surface area contributed by atoms with Crippen LogP contribution in [0.25, 0.3) is 0 Å². The summed E-state index contributed by atoms with van der Waals surface area (Å²) in [4.78, 5) is 11.2. The first-order valence-corrected chi connectivity index (χ1v) is 10.1. The van der Waals surface area contributed by atoms with E-state index in [9.17, 15) is 18.3 Å². The minimum atomic E-state index is -3.87. The Balaban J connectivity index is 2.15. The van der Waals surface area contributed by atoms with E-state index in [-0.39, 0.29) is 17.0 Å². The number of carbonyl (C=O) groups is 1. The molecule has 27 heavy (non-hydrogen) atoms. The fourth-order valence-corrected chi connectivity index (χ4v) is 3.75. The van der Waals surface area contributed by atoms with Gasteiger partial charge >= 0.3 is 5.97 Å². The minimum Gasteiger partial charge on any atom is -0.478 e. The first-order valence-electron chi connectivity index (χ1n) is 8.58. The fraction of sp³-hybridized carbons (Fsp3) is 0.316. The third kappa shape index (κ3) is 6.35. The quantitative estimate of drug-likeness (QED) is 0.507. The van der Waals surface area contributed by atoms with Gasteiger partial charge in [0.15, 0.2) is 0 Å². The maximum atomic E-state index is 12.7. The highest BCUT2D eigenvalue weighted by atomic mass is 32.2. The van der Waals surface area contributed by atoms with Gasteiger partial charge in [-0.2, -0.15) is 0 Å². The van der Waals surface area contributed by atoms with E-state index in [0.29, 0.717) is 31.7 Å². The van der Waals surface area contributed by atoms with Crippen molar-refractivity contribution in [1.82, 2.24) is 4.72 Å². The summed E-state index contributed by atoms with van der Waals surface area (Å²) in [7, 11) is -2.28. The molecule has 0 bridgehead atoms. The molecule has 0 fully saturated rings. The lowest BCUT2D eigenvalue weighted by molar-refractivity contribution is 0.0696. The van der Waals surface area contributed by atoms with E-state index in [0.717, 1.165) is 5.56 Å². The van der Waals surface area contributed by atoms with Crippen molar-refractivity contribution >= 4 is 21.7 Å². The van der Waals surface area contributed by atoms with E-state index in [4.69, 9.17) is 4.74 Å². The summed E-state index contributed by atoms with van der Waals surface area (Å²) in [6.07, 6.45) is 1.23. The van der Waals surface area contributed by atoms with Gasteiger partial charge in [0.1, 0.15) is 4.90 Å². The molecule has 2 aromatic carbocycles. The Kier molecular flexibility index (Phi) is 7.78. The zero-order chi connectivity index (χ0) is 19.7. The van der Waals surface area contributed by atoms with Crippen LogP contribution < -0.4 is 10.0 Å². The van der Waals surface area contributed by atoms with Crippen molar-refractivity contribution in [2.24, 2.45) is 0 Å². The highest BCUT2D eigenvalue weighted by Crippen LogP contribution is 2.23. The number of aromatic carboxylic acids is 1. The molecular weight excluding hydrogens is 368 g/mol. The van der Waals surface area contributed by atoms with Crippen LogP contribution in [0.15, 0.2) is 53.4 Å². The van der Waals surface area contributed by atoms with Gasteiger partial charge in [0.2, 0.25) is 10.0 Å². The number of methoxy groups -OCH3 is 1. The van der Waals surface area contributed by atoms with Gasteiger partial charge in [-0.3, -0.25) is 0 Å². The Morgan fingerprint density at radius 3 is 2.52 bits per heavy atom. The Bertz CT molecular complexity index is 854. The number of hydrogen-bond donors (Lipinski definition) is 3. The van der Waals surface area contributed by atoms with Gasteiger partial charge in [-0.15, -0.1) is 0 Å². The Morgan fingerprint density at radius 1 is 1.11 bits per heavy atom. The van der Waals surface area contributed by atoms with Crippen LogP contribution in [0.2, 0.25) is 0 Å². The second kappa shape index (κ2) is 10.1. The zero-order valence-electron chi connectivity index (χ0n) is 15.1. The van der Waals surface area contributed by atoms with Crippen LogP contribution in [0.5, 0.6) is 0 Å². The molecule has 0 unspecified atom stereocenters. The van der Waals surface area contributed by atoms with Gasteiger partial charge in [0.05, 0.1) is 11.3 Å². The predicted octanol–water partition coefficient (Wildman–Crippen LogP) is 2.35. The molecular formula is C19H24N2O5S. The Hall–Kier alpha value is -2.42. The molecule has 0 amide bonds. The van der Waals surface area contributed by atoms with Crippen LogP contribution in [0.4, 0.5) is 5.69 Å². The number of carboxylic acids is 1. The molecule has 0 radical (unpaired) electrons. The highest BCUT2D eigenvalue weighted by molar-refractivity contribution is 7.89. The molecule has 0 aliphatic heterocycles. The molecule has 0 saturated heterocycles. The smallest absolute Gasteiger partial charge is 0.335 e. The molecule has 0 spiro atoms. The second-order valence-electron chi connectivity index (χ2n) is 5.92. The summed E-state index contributed by atoms with van der Waals surface area (Å²) in [6, 6.07) is 13.5. The molecule has 0 aromatic heterocycles. The largest absolute Gasteiger partial charge is 0.478 e. The molecule has 146 valence electrons. The lowest BCUT2D eigenvalue weighted by atomic mass is 10.2. The van der Waals surface area contributed by atoms with Gasteiger partial charge in [0, 0.05) is 26.8 Å². The normalized spacial score (nSPS) is 11.3. The van der Waals surface area contributed by atoms with Crippen LogP contribution in [0.3, 0.4) is 0 Å². The molecule has 0 heterocycles. The first kappa shape index (κ1) is 20.9. The number of carboxylic acid groups (broad SMARTS) is 1. The first-order chi connectivity index (χ1) is 12.9. The Morgan fingerprint density at radius 2 is 1.85 bits per heavy atom. The Labute approximate surface area is 159 Å². The van der Waals surface area contributed by atoms with Gasteiger partial charge in [-0.05, 0) is 36.6 Å². The SMILES string of the molecule is COCCCNc1ccc(C(=O)O)cc1S(=O)(=O)NCCc1ccccc1. The van der Waals surface area contributed by atoms with Gasteiger partial charge in [-0.1, -0.05) is 30.3 Å². The van der Waals surface area contributed by atoms with Crippen LogP contribution >= 0.6 is 0 Å². The second-order valence-corrected chi connectivity index (χ2v) is 7.66. The number of sulfonamides is 1. The lowest BCUT2D eigenvalue weighted by Crippen LogP contribution is -2.27. The van der Waals surface area contributed by atoms with Gasteiger partial charge in [-0.25, -0.2) is 17.9 Å². The van der Waals surface area contributed by atoms with E-state index in [2.05, 4.69) is 10.0 Å². The third-order valence-corrected chi connectivity index (χ3v) is 5.41. The number of anilines is 1. The molecule has 2 rings (SSSR count). The number of hydrogen-bond acceptors (Lipinski definition) is 5. The average Bonchev–Trinajstić information content (AvgIpc) is 2.66. The minimum absolute atomic E-state index is 0.0760. The van der Waals surface area contributed by atoms with Crippen molar-refractivity contribution < 1.29 is 23.1 Å².